The van der Waals surface area contributed by atoms with E-state index in [0.29, 0.717) is 19.3 Å². The molecule has 0 bridgehead atoms. The van der Waals surface area contributed by atoms with E-state index in [9.17, 15) is 9.59 Å². The van der Waals surface area contributed by atoms with Crippen LogP contribution in [0.25, 0.3) is 0 Å². The molecular weight excluding hydrogens is 240 g/mol. The van der Waals surface area contributed by atoms with E-state index in [0.717, 1.165) is 5.56 Å². The van der Waals surface area contributed by atoms with E-state index in [1.807, 2.05) is 44.2 Å². The zero-order chi connectivity index (χ0) is 13.9. The third kappa shape index (κ3) is 3.22. The lowest BCUT2D eigenvalue weighted by Crippen LogP contribution is -2.38. The molecule has 3 heteroatoms. The lowest BCUT2D eigenvalue weighted by Gasteiger charge is -2.32. The van der Waals surface area contributed by atoms with Crippen molar-refractivity contribution in [2.75, 3.05) is 0 Å². The van der Waals surface area contributed by atoms with Gasteiger partial charge in [-0.05, 0) is 17.9 Å². The van der Waals surface area contributed by atoms with E-state index in [1.54, 1.807) is 0 Å². The zero-order valence-electron chi connectivity index (χ0n) is 11.5. The molecule has 0 saturated heterocycles. The highest BCUT2D eigenvalue weighted by Gasteiger charge is 2.44. The monoisotopic (exact) mass is 260 g/mol. The Morgan fingerprint density at radius 1 is 1.32 bits per heavy atom. The fraction of sp³-hybridized carbons (Fsp3) is 0.500. The first-order valence-corrected chi connectivity index (χ1v) is 6.79. The summed E-state index contributed by atoms with van der Waals surface area (Å²) in [5, 5.41) is 0. The van der Waals surface area contributed by atoms with E-state index in [-0.39, 0.29) is 24.1 Å². The largest absolute Gasteiger partial charge is 0.458 e. The number of Topliss-reactive ketones (excluding diaryl/α,β-unsaturated/α-hetero) is 1. The van der Waals surface area contributed by atoms with Crippen LogP contribution in [0.3, 0.4) is 0 Å². The van der Waals surface area contributed by atoms with Crippen molar-refractivity contribution in [3.05, 3.63) is 35.9 Å². The van der Waals surface area contributed by atoms with Gasteiger partial charge < -0.3 is 4.74 Å². The molecule has 0 unspecified atom stereocenters. The van der Waals surface area contributed by atoms with Crippen LogP contribution in [0.1, 0.15) is 38.7 Å². The molecule has 3 nitrogen and oxygen atoms in total. The minimum Gasteiger partial charge on any atom is -0.458 e. The van der Waals surface area contributed by atoms with Crippen molar-refractivity contribution in [2.45, 2.75) is 45.1 Å². The van der Waals surface area contributed by atoms with Crippen LogP contribution < -0.4 is 0 Å². The second-order valence-corrected chi connectivity index (χ2v) is 5.57. The molecule has 0 amide bonds. The van der Waals surface area contributed by atoms with Gasteiger partial charge in [-0.15, -0.1) is 0 Å². The third-order valence-electron chi connectivity index (χ3n) is 3.88. The van der Waals surface area contributed by atoms with Gasteiger partial charge in [0.2, 0.25) is 0 Å². The van der Waals surface area contributed by atoms with E-state index in [1.165, 1.54) is 0 Å². The first-order chi connectivity index (χ1) is 9.02. The summed E-state index contributed by atoms with van der Waals surface area (Å²) in [6.45, 7) is 4.02. The van der Waals surface area contributed by atoms with Crippen molar-refractivity contribution in [1.29, 1.82) is 0 Å². The average molecular weight is 260 g/mol. The Balaban J connectivity index is 2.02. The molecule has 1 fully saturated rings. The molecule has 0 aliphatic heterocycles. The topological polar surface area (TPSA) is 43.4 Å². The van der Waals surface area contributed by atoms with E-state index in [4.69, 9.17) is 4.74 Å². The Hall–Kier alpha value is -1.64. The summed E-state index contributed by atoms with van der Waals surface area (Å²) in [5.41, 5.74) is 0.360. The van der Waals surface area contributed by atoms with Gasteiger partial charge in [0.15, 0.2) is 0 Å². The number of esters is 1. The number of rotatable bonds is 4. The second kappa shape index (κ2) is 5.55. The predicted molar refractivity (Wildman–Crippen MR) is 72.7 cm³/mol. The van der Waals surface area contributed by atoms with Crippen molar-refractivity contribution < 1.29 is 14.3 Å². The van der Waals surface area contributed by atoms with Gasteiger partial charge in [-0.25, -0.2) is 0 Å². The van der Waals surface area contributed by atoms with Crippen LogP contribution in [0.15, 0.2) is 30.3 Å². The first-order valence-electron chi connectivity index (χ1n) is 6.79. The number of ether oxygens (including phenoxy) is 1. The predicted octanol–water partition coefficient (Wildman–Crippen LogP) is 2.92. The Morgan fingerprint density at radius 2 is 2.00 bits per heavy atom. The Morgan fingerprint density at radius 3 is 2.53 bits per heavy atom. The second-order valence-electron chi connectivity index (χ2n) is 5.57. The van der Waals surface area contributed by atoms with Gasteiger partial charge in [0, 0.05) is 12.8 Å². The molecular formula is C16H20O3. The molecule has 0 heterocycles. The highest BCUT2D eigenvalue weighted by molar-refractivity contribution is 5.83. The van der Waals surface area contributed by atoms with Gasteiger partial charge in [-0.3, -0.25) is 9.59 Å². The van der Waals surface area contributed by atoms with Gasteiger partial charge in [0.25, 0.3) is 0 Å². The highest BCUT2D eigenvalue weighted by Crippen LogP contribution is 2.37. The molecule has 19 heavy (non-hydrogen) atoms. The van der Waals surface area contributed by atoms with Gasteiger partial charge in [-0.2, -0.15) is 0 Å². The summed E-state index contributed by atoms with van der Waals surface area (Å²) in [6, 6.07) is 9.53. The fourth-order valence-corrected chi connectivity index (χ4v) is 2.58. The number of carbonyl (C=O) groups excluding carboxylic acids is 2. The van der Waals surface area contributed by atoms with E-state index >= 15 is 0 Å². The molecule has 0 aromatic heterocycles. The lowest BCUT2D eigenvalue weighted by atomic mass is 9.88. The Bertz CT molecular complexity index is 464. The van der Waals surface area contributed by atoms with Crippen LogP contribution >= 0.6 is 0 Å². The molecule has 1 aromatic carbocycles. The van der Waals surface area contributed by atoms with Gasteiger partial charge >= 0.3 is 5.97 Å². The van der Waals surface area contributed by atoms with E-state index < -0.39 is 5.60 Å². The minimum atomic E-state index is -0.580. The highest BCUT2D eigenvalue weighted by atomic mass is 16.6. The van der Waals surface area contributed by atoms with Crippen molar-refractivity contribution in [2.24, 2.45) is 5.92 Å². The Labute approximate surface area is 114 Å². The standard InChI is InChI=1S/C16H20O3/c1-12(2)16(9-8-14(17)11-16)19-15(18)10-13-6-4-3-5-7-13/h3-7,12H,8-11H2,1-2H3/t16-/m0/s1. The molecule has 1 atom stereocenters. The molecule has 1 saturated carbocycles. The van der Waals surface area contributed by atoms with Crippen LogP contribution in [-0.4, -0.2) is 17.4 Å². The lowest BCUT2D eigenvalue weighted by molar-refractivity contribution is -0.163. The van der Waals surface area contributed by atoms with Crippen molar-refractivity contribution >= 4 is 11.8 Å². The maximum atomic E-state index is 12.1. The minimum absolute atomic E-state index is 0.165. The smallest absolute Gasteiger partial charge is 0.310 e. The molecule has 1 aromatic rings. The van der Waals surface area contributed by atoms with Crippen molar-refractivity contribution in [3.8, 4) is 0 Å². The number of benzene rings is 1. The van der Waals surface area contributed by atoms with Crippen LogP contribution in [0.4, 0.5) is 0 Å². The van der Waals surface area contributed by atoms with Crippen molar-refractivity contribution in [3.63, 3.8) is 0 Å². The summed E-state index contributed by atoms with van der Waals surface area (Å²) >= 11 is 0. The van der Waals surface area contributed by atoms with Crippen LogP contribution in [0.2, 0.25) is 0 Å². The summed E-state index contributed by atoms with van der Waals surface area (Å²) in [7, 11) is 0. The van der Waals surface area contributed by atoms with Crippen LogP contribution in [0.5, 0.6) is 0 Å². The molecule has 1 aliphatic carbocycles. The third-order valence-corrected chi connectivity index (χ3v) is 3.88. The van der Waals surface area contributed by atoms with Crippen LogP contribution in [-0.2, 0) is 20.7 Å². The summed E-state index contributed by atoms with van der Waals surface area (Å²) in [5.74, 6) is 0.120. The normalized spacial score (nSPS) is 22.8. The number of ketones is 1. The number of hydrogen-bond donors (Lipinski definition) is 0. The molecule has 102 valence electrons. The molecule has 0 spiro atoms. The molecule has 1 aliphatic rings. The average Bonchev–Trinajstić information content (AvgIpc) is 2.73. The van der Waals surface area contributed by atoms with Gasteiger partial charge in [0.1, 0.15) is 11.4 Å². The Kier molecular flexibility index (Phi) is 4.03. The SMILES string of the molecule is CC(C)[C@]1(OC(=O)Cc2ccccc2)CCC(=O)C1. The van der Waals surface area contributed by atoms with Crippen molar-refractivity contribution in [1.82, 2.24) is 0 Å². The number of carbonyl (C=O) groups is 2. The van der Waals surface area contributed by atoms with Gasteiger partial charge in [-0.1, -0.05) is 44.2 Å². The number of hydrogen-bond acceptors (Lipinski definition) is 3. The maximum Gasteiger partial charge on any atom is 0.310 e. The van der Waals surface area contributed by atoms with Crippen LogP contribution in [0, 0.1) is 5.92 Å². The fourth-order valence-electron chi connectivity index (χ4n) is 2.58. The van der Waals surface area contributed by atoms with Gasteiger partial charge in [0.05, 0.1) is 6.42 Å². The molecule has 2 rings (SSSR count). The zero-order valence-corrected chi connectivity index (χ0v) is 11.5. The summed E-state index contributed by atoms with van der Waals surface area (Å²) in [4.78, 5) is 23.6. The molecule has 0 radical (unpaired) electrons. The summed E-state index contributed by atoms with van der Waals surface area (Å²) in [6.07, 6.45) is 1.82. The quantitative estimate of drug-likeness (QED) is 0.782. The van der Waals surface area contributed by atoms with E-state index in [2.05, 4.69) is 0 Å². The maximum absolute atomic E-state index is 12.1. The first kappa shape index (κ1) is 13.8. The molecule has 0 N–H and O–H groups in total. The summed E-state index contributed by atoms with van der Waals surface area (Å²) < 4.78 is 5.67.